The molecule has 28 heavy (non-hydrogen) atoms. The molecule has 0 unspecified atom stereocenters. The summed E-state index contributed by atoms with van der Waals surface area (Å²) < 4.78 is 5.07. The second-order valence-electron chi connectivity index (χ2n) is 6.18. The van der Waals surface area contributed by atoms with Gasteiger partial charge in [0.2, 0.25) is 0 Å². The first-order valence-corrected chi connectivity index (χ1v) is 9.20. The fourth-order valence-corrected chi connectivity index (χ4v) is 2.90. The minimum atomic E-state index is -0.305. The van der Waals surface area contributed by atoms with Gasteiger partial charge in [0.25, 0.3) is 5.91 Å². The van der Waals surface area contributed by atoms with Crippen molar-refractivity contribution < 1.29 is 9.21 Å². The van der Waals surface area contributed by atoms with Crippen LogP contribution < -0.4 is 20.9 Å². The molecule has 1 heterocycles. The molecule has 144 valence electrons. The summed E-state index contributed by atoms with van der Waals surface area (Å²) in [6, 6.07) is 16.1. The van der Waals surface area contributed by atoms with E-state index in [0.717, 1.165) is 17.1 Å². The van der Waals surface area contributed by atoms with E-state index in [0.29, 0.717) is 15.8 Å². The lowest BCUT2D eigenvalue weighted by atomic mass is 10.2. The Balaban J connectivity index is 1.59. The van der Waals surface area contributed by atoms with Crippen LogP contribution in [0.2, 0.25) is 5.02 Å². The van der Waals surface area contributed by atoms with E-state index in [2.05, 4.69) is 16.0 Å². The summed E-state index contributed by atoms with van der Waals surface area (Å²) >= 11 is 11.5. The van der Waals surface area contributed by atoms with Gasteiger partial charge in [-0.15, -0.1) is 0 Å². The number of rotatable bonds is 5. The van der Waals surface area contributed by atoms with Gasteiger partial charge < -0.3 is 25.3 Å². The third kappa shape index (κ3) is 5.25. The lowest BCUT2D eigenvalue weighted by Gasteiger charge is -2.16. The fraction of sp³-hybridized carbons (Fsp3) is 0.100. The Labute approximate surface area is 173 Å². The third-order valence-corrected chi connectivity index (χ3v) is 4.22. The maximum atomic E-state index is 12.0. The van der Waals surface area contributed by atoms with Crippen LogP contribution in [0.4, 0.5) is 22.7 Å². The number of hydrogen-bond acceptors (Lipinski definition) is 4. The van der Waals surface area contributed by atoms with Crippen molar-refractivity contribution in [1.29, 1.82) is 0 Å². The molecule has 0 aliphatic heterocycles. The summed E-state index contributed by atoms with van der Waals surface area (Å²) in [6.45, 7) is 0. The third-order valence-electron chi connectivity index (χ3n) is 3.80. The summed E-state index contributed by atoms with van der Waals surface area (Å²) in [4.78, 5) is 13.9. The quantitative estimate of drug-likeness (QED) is 0.507. The van der Waals surface area contributed by atoms with Gasteiger partial charge in [-0.25, -0.2) is 0 Å². The van der Waals surface area contributed by atoms with Crippen LogP contribution in [0, 0.1) is 0 Å². The number of amides is 1. The zero-order valence-corrected chi connectivity index (χ0v) is 16.9. The molecule has 1 amide bonds. The van der Waals surface area contributed by atoms with Gasteiger partial charge in [-0.2, -0.15) is 0 Å². The van der Waals surface area contributed by atoms with Crippen LogP contribution in [-0.2, 0) is 0 Å². The normalized spacial score (nSPS) is 10.2. The van der Waals surface area contributed by atoms with Crippen LogP contribution in [0.3, 0.4) is 0 Å². The molecule has 3 N–H and O–H groups in total. The number of thiocarbonyl (C=S) groups is 1. The molecule has 3 rings (SSSR count). The number of halogens is 1. The van der Waals surface area contributed by atoms with Gasteiger partial charge in [-0.05, 0) is 66.8 Å². The van der Waals surface area contributed by atoms with Crippen LogP contribution >= 0.6 is 23.8 Å². The molecule has 0 saturated carbocycles. The minimum Gasteiger partial charge on any atom is -0.459 e. The van der Waals surface area contributed by atoms with Crippen molar-refractivity contribution in [2.24, 2.45) is 0 Å². The lowest BCUT2D eigenvalue weighted by Crippen LogP contribution is -2.19. The topological polar surface area (TPSA) is 69.5 Å². The predicted molar refractivity (Wildman–Crippen MR) is 119 cm³/mol. The molecule has 0 radical (unpaired) electrons. The van der Waals surface area contributed by atoms with E-state index in [4.69, 9.17) is 28.2 Å². The molecule has 2 aromatic carbocycles. The van der Waals surface area contributed by atoms with Gasteiger partial charge in [0.15, 0.2) is 10.9 Å². The highest BCUT2D eigenvalue weighted by atomic mass is 35.5. The summed E-state index contributed by atoms with van der Waals surface area (Å²) in [5, 5.41) is 10.0. The van der Waals surface area contributed by atoms with Crippen LogP contribution in [0.25, 0.3) is 0 Å². The maximum Gasteiger partial charge on any atom is 0.291 e. The first-order chi connectivity index (χ1) is 13.4. The molecule has 8 heteroatoms. The highest BCUT2D eigenvalue weighted by Crippen LogP contribution is 2.24. The number of nitrogens with one attached hydrogen (secondary N) is 3. The van der Waals surface area contributed by atoms with Gasteiger partial charge in [0.1, 0.15) is 0 Å². The number of benzene rings is 2. The Kier molecular flexibility index (Phi) is 6.18. The zero-order chi connectivity index (χ0) is 20.1. The van der Waals surface area contributed by atoms with Crippen molar-refractivity contribution >= 4 is 57.6 Å². The molecule has 0 aliphatic carbocycles. The molecule has 0 spiro atoms. The van der Waals surface area contributed by atoms with E-state index >= 15 is 0 Å². The van der Waals surface area contributed by atoms with Crippen LogP contribution in [0.5, 0.6) is 0 Å². The van der Waals surface area contributed by atoms with Crippen molar-refractivity contribution in [3.8, 4) is 0 Å². The summed E-state index contributed by atoms with van der Waals surface area (Å²) in [6.07, 6.45) is 1.46. The van der Waals surface area contributed by atoms with E-state index < -0.39 is 0 Å². The number of anilines is 4. The highest BCUT2D eigenvalue weighted by Gasteiger charge is 2.09. The Hall–Kier alpha value is -3.03. The second kappa shape index (κ2) is 8.77. The SMILES string of the molecule is CN(C)c1cc(Cl)cc(NC(=S)Nc2ccc(NC(=O)c3ccco3)cc2)c1. The van der Waals surface area contributed by atoms with Crippen molar-refractivity contribution in [2.75, 3.05) is 34.9 Å². The Morgan fingerprint density at radius 1 is 0.964 bits per heavy atom. The molecule has 1 aromatic heterocycles. The summed E-state index contributed by atoms with van der Waals surface area (Å²) in [7, 11) is 3.89. The summed E-state index contributed by atoms with van der Waals surface area (Å²) in [5.74, 6) is -0.0493. The number of carbonyl (C=O) groups excluding carboxylic acids is 1. The van der Waals surface area contributed by atoms with Gasteiger partial charge in [0, 0.05) is 41.9 Å². The number of hydrogen-bond donors (Lipinski definition) is 3. The Morgan fingerprint density at radius 2 is 1.61 bits per heavy atom. The fourth-order valence-electron chi connectivity index (χ4n) is 2.44. The molecule has 0 aliphatic rings. The largest absolute Gasteiger partial charge is 0.459 e. The van der Waals surface area contributed by atoms with Crippen molar-refractivity contribution in [3.63, 3.8) is 0 Å². The number of carbonyl (C=O) groups is 1. The monoisotopic (exact) mass is 414 g/mol. The molecular formula is C20H19ClN4O2S. The van der Waals surface area contributed by atoms with Crippen LogP contribution in [0.15, 0.2) is 65.3 Å². The lowest BCUT2D eigenvalue weighted by molar-refractivity contribution is 0.0996. The van der Waals surface area contributed by atoms with Gasteiger partial charge in [0.05, 0.1) is 6.26 Å². The van der Waals surface area contributed by atoms with E-state index in [1.54, 1.807) is 30.3 Å². The predicted octanol–water partition coefficient (Wildman–Crippen LogP) is 5.06. The number of furan rings is 1. The smallest absolute Gasteiger partial charge is 0.291 e. The van der Waals surface area contributed by atoms with E-state index in [1.165, 1.54) is 6.26 Å². The molecular weight excluding hydrogens is 396 g/mol. The molecule has 6 nitrogen and oxygen atoms in total. The van der Waals surface area contributed by atoms with E-state index in [-0.39, 0.29) is 11.7 Å². The molecule has 0 fully saturated rings. The second-order valence-corrected chi connectivity index (χ2v) is 7.03. The minimum absolute atomic E-state index is 0.256. The van der Waals surface area contributed by atoms with Gasteiger partial charge in [-0.3, -0.25) is 4.79 Å². The first kappa shape index (κ1) is 19.7. The standard InChI is InChI=1S/C20H19ClN4O2S/c1-25(2)17-11-13(21)10-16(12-17)24-20(28)23-15-7-5-14(6-8-15)22-19(26)18-4-3-9-27-18/h3-12H,1-2H3,(H,22,26)(H2,23,24,28). The average molecular weight is 415 g/mol. The Bertz CT molecular complexity index is 972. The number of nitrogens with zero attached hydrogens (tertiary/aromatic N) is 1. The molecule has 3 aromatic rings. The van der Waals surface area contributed by atoms with Crippen molar-refractivity contribution in [2.45, 2.75) is 0 Å². The van der Waals surface area contributed by atoms with Crippen molar-refractivity contribution in [1.82, 2.24) is 0 Å². The maximum absolute atomic E-state index is 12.0. The van der Waals surface area contributed by atoms with Crippen LogP contribution in [-0.4, -0.2) is 25.1 Å². The van der Waals surface area contributed by atoms with Crippen LogP contribution in [0.1, 0.15) is 10.6 Å². The van der Waals surface area contributed by atoms with E-state index in [9.17, 15) is 4.79 Å². The molecule has 0 atom stereocenters. The van der Waals surface area contributed by atoms with Gasteiger partial charge >= 0.3 is 0 Å². The first-order valence-electron chi connectivity index (χ1n) is 8.41. The van der Waals surface area contributed by atoms with Gasteiger partial charge in [-0.1, -0.05) is 11.6 Å². The summed E-state index contributed by atoms with van der Waals surface area (Å²) in [5.41, 5.74) is 3.19. The molecule has 0 saturated heterocycles. The zero-order valence-electron chi connectivity index (χ0n) is 15.3. The highest BCUT2D eigenvalue weighted by molar-refractivity contribution is 7.80. The molecule has 0 bridgehead atoms. The van der Waals surface area contributed by atoms with Crippen molar-refractivity contribution in [3.05, 3.63) is 71.6 Å². The van der Waals surface area contributed by atoms with E-state index in [1.807, 2.05) is 43.3 Å². The Morgan fingerprint density at radius 3 is 2.21 bits per heavy atom. The average Bonchev–Trinajstić information content (AvgIpc) is 3.17.